The Hall–Kier alpha value is -1.20. The molecule has 2 aromatic rings. The van der Waals surface area contributed by atoms with Gasteiger partial charge in [-0.25, -0.2) is 4.98 Å². The van der Waals surface area contributed by atoms with Crippen molar-refractivity contribution in [2.45, 2.75) is 30.8 Å². The van der Waals surface area contributed by atoms with Gasteiger partial charge in [-0.3, -0.25) is 5.01 Å². The normalized spacial score (nSPS) is 21.4. The highest BCUT2D eigenvalue weighted by atomic mass is 32.2. The first-order chi connectivity index (χ1) is 7.79. The molecule has 0 bridgehead atoms. The number of fused-ring (bicyclic) bond motifs is 5. The quantitative estimate of drug-likeness (QED) is 0.764. The number of thioether (sulfide) groups is 1. The van der Waals surface area contributed by atoms with Gasteiger partial charge in [0.1, 0.15) is 5.82 Å². The van der Waals surface area contributed by atoms with Crippen LogP contribution >= 0.6 is 11.8 Å². The molecular weight excluding hydrogens is 220 g/mol. The molecule has 1 unspecified atom stereocenters. The van der Waals surface area contributed by atoms with Crippen LogP contribution in [0.2, 0.25) is 0 Å². The zero-order valence-corrected chi connectivity index (χ0v) is 10.0. The van der Waals surface area contributed by atoms with Crippen LogP contribution in [0.3, 0.4) is 0 Å². The van der Waals surface area contributed by atoms with E-state index in [1.807, 2.05) is 11.8 Å². The van der Waals surface area contributed by atoms with E-state index in [1.54, 1.807) is 0 Å². The average Bonchev–Trinajstić information content (AvgIpc) is 2.82. The Balaban J connectivity index is 2.13. The van der Waals surface area contributed by atoms with E-state index >= 15 is 0 Å². The first-order valence-electron chi connectivity index (χ1n) is 5.51. The summed E-state index contributed by atoms with van der Waals surface area (Å²) >= 11 is 1.88. The molecule has 82 valence electrons. The molecule has 2 aliphatic heterocycles. The largest absolute Gasteiger partial charge is 0.327 e. The fourth-order valence-corrected chi connectivity index (χ4v) is 3.56. The summed E-state index contributed by atoms with van der Waals surface area (Å²) in [7, 11) is 0. The summed E-state index contributed by atoms with van der Waals surface area (Å²) in [6.07, 6.45) is 0. The van der Waals surface area contributed by atoms with Gasteiger partial charge in [-0.05, 0) is 26.0 Å². The SMILES string of the molecule is CCn1c(C)nc2ccc3c(c21)N1NC1S3. The molecule has 0 radical (unpaired) electrons. The van der Waals surface area contributed by atoms with E-state index < -0.39 is 0 Å². The number of imidazole rings is 1. The molecule has 0 spiro atoms. The minimum Gasteiger partial charge on any atom is -0.327 e. The number of hydrogen-bond donors (Lipinski definition) is 1. The van der Waals surface area contributed by atoms with E-state index in [1.165, 1.54) is 16.1 Å². The summed E-state index contributed by atoms with van der Waals surface area (Å²) in [6.45, 7) is 5.22. The Morgan fingerprint density at radius 3 is 3.19 bits per heavy atom. The highest BCUT2D eigenvalue weighted by Crippen LogP contribution is 2.51. The van der Waals surface area contributed by atoms with Gasteiger partial charge in [0.2, 0.25) is 0 Å². The fraction of sp³-hybridized carbons (Fsp3) is 0.364. The number of anilines is 1. The highest BCUT2D eigenvalue weighted by molar-refractivity contribution is 8.00. The van der Waals surface area contributed by atoms with Gasteiger partial charge in [-0.15, -0.1) is 0 Å². The van der Waals surface area contributed by atoms with Gasteiger partial charge < -0.3 is 4.57 Å². The molecule has 16 heavy (non-hydrogen) atoms. The van der Waals surface area contributed by atoms with Crippen molar-refractivity contribution in [1.29, 1.82) is 0 Å². The summed E-state index contributed by atoms with van der Waals surface area (Å²) in [5.74, 6) is 1.10. The first-order valence-corrected chi connectivity index (χ1v) is 6.39. The van der Waals surface area contributed by atoms with Gasteiger partial charge in [0.25, 0.3) is 0 Å². The number of aryl methyl sites for hydroxylation is 2. The zero-order valence-electron chi connectivity index (χ0n) is 9.19. The van der Waals surface area contributed by atoms with Gasteiger partial charge in [-0.1, -0.05) is 11.8 Å². The third-order valence-corrected chi connectivity index (χ3v) is 4.37. The molecule has 3 heterocycles. The Labute approximate surface area is 97.6 Å². The van der Waals surface area contributed by atoms with Crippen LogP contribution in [0.4, 0.5) is 5.69 Å². The summed E-state index contributed by atoms with van der Waals surface area (Å²) in [5.41, 5.74) is 7.49. The topological polar surface area (TPSA) is 42.8 Å². The molecule has 5 heteroatoms. The molecule has 1 N–H and O–H groups in total. The van der Waals surface area contributed by atoms with Gasteiger partial charge in [0.15, 0.2) is 5.50 Å². The van der Waals surface area contributed by atoms with Crippen LogP contribution < -0.4 is 10.4 Å². The molecule has 1 fully saturated rings. The second kappa shape index (κ2) is 2.73. The predicted molar refractivity (Wildman–Crippen MR) is 65.4 cm³/mol. The fourth-order valence-electron chi connectivity index (χ4n) is 2.48. The van der Waals surface area contributed by atoms with Crippen molar-refractivity contribution in [1.82, 2.24) is 15.0 Å². The average molecular weight is 232 g/mol. The Morgan fingerprint density at radius 1 is 1.50 bits per heavy atom. The highest BCUT2D eigenvalue weighted by Gasteiger charge is 2.44. The Kier molecular flexibility index (Phi) is 1.52. The standard InChI is InChI=1S/C11H12N4S/c1-3-14-6(2)12-7-4-5-8-10(9(7)14)15-11(13-15)16-8/h4-5,11,13H,3H2,1-2H3. The van der Waals surface area contributed by atoms with E-state index in [0.29, 0.717) is 5.50 Å². The van der Waals surface area contributed by atoms with E-state index in [9.17, 15) is 0 Å². The van der Waals surface area contributed by atoms with E-state index in [-0.39, 0.29) is 0 Å². The lowest BCUT2D eigenvalue weighted by atomic mass is 10.2. The number of rotatable bonds is 1. The van der Waals surface area contributed by atoms with Crippen LogP contribution in [0, 0.1) is 6.92 Å². The van der Waals surface area contributed by atoms with Crippen molar-refractivity contribution < 1.29 is 0 Å². The zero-order chi connectivity index (χ0) is 10.9. The van der Waals surface area contributed by atoms with Crippen LogP contribution in [0.25, 0.3) is 11.0 Å². The number of aromatic nitrogens is 2. The van der Waals surface area contributed by atoms with E-state index in [2.05, 4.69) is 46.0 Å². The number of hydrogen-bond acceptors (Lipinski definition) is 4. The molecule has 4 nitrogen and oxygen atoms in total. The van der Waals surface area contributed by atoms with Crippen LogP contribution in [-0.4, -0.2) is 15.0 Å². The maximum absolute atomic E-state index is 4.61. The summed E-state index contributed by atoms with van der Waals surface area (Å²) in [6, 6.07) is 4.31. The third kappa shape index (κ3) is 0.929. The monoisotopic (exact) mass is 232 g/mol. The Bertz CT molecular complexity index is 604. The van der Waals surface area contributed by atoms with E-state index in [4.69, 9.17) is 0 Å². The second-order valence-electron chi connectivity index (χ2n) is 4.15. The molecular formula is C11H12N4S. The van der Waals surface area contributed by atoms with Crippen LogP contribution in [0.1, 0.15) is 12.7 Å². The number of nitrogens with one attached hydrogen (secondary N) is 1. The lowest BCUT2D eigenvalue weighted by molar-refractivity contribution is 0.753. The maximum Gasteiger partial charge on any atom is 0.163 e. The lowest BCUT2D eigenvalue weighted by Gasteiger charge is -2.08. The number of nitrogens with zero attached hydrogens (tertiary/aromatic N) is 3. The molecule has 1 saturated heterocycles. The smallest absolute Gasteiger partial charge is 0.163 e. The van der Waals surface area contributed by atoms with Gasteiger partial charge in [0.05, 0.1) is 16.7 Å². The molecule has 0 saturated carbocycles. The number of hydrazine groups is 1. The maximum atomic E-state index is 4.61. The first kappa shape index (κ1) is 8.90. The summed E-state index contributed by atoms with van der Waals surface area (Å²) in [4.78, 5) is 5.98. The third-order valence-electron chi connectivity index (χ3n) is 3.25. The molecule has 1 aromatic heterocycles. The minimum atomic E-state index is 0.459. The van der Waals surface area contributed by atoms with Crippen LogP contribution in [-0.2, 0) is 6.54 Å². The molecule has 1 aromatic carbocycles. The molecule has 4 rings (SSSR count). The molecule has 2 aliphatic rings. The Morgan fingerprint density at radius 2 is 2.38 bits per heavy atom. The molecule has 1 atom stereocenters. The second-order valence-corrected chi connectivity index (χ2v) is 5.27. The van der Waals surface area contributed by atoms with Crippen molar-refractivity contribution in [3.8, 4) is 0 Å². The van der Waals surface area contributed by atoms with Crippen LogP contribution in [0.5, 0.6) is 0 Å². The van der Waals surface area contributed by atoms with Crippen molar-refractivity contribution >= 4 is 28.5 Å². The van der Waals surface area contributed by atoms with Crippen molar-refractivity contribution in [2.24, 2.45) is 0 Å². The van der Waals surface area contributed by atoms with Gasteiger partial charge in [0, 0.05) is 11.4 Å². The van der Waals surface area contributed by atoms with Crippen molar-refractivity contribution in [3.05, 3.63) is 18.0 Å². The van der Waals surface area contributed by atoms with Gasteiger partial charge >= 0.3 is 0 Å². The number of benzene rings is 1. The summed E-state index contributed by atoms with van der Waals surface area (Å²) < 4.78 is 2.29. The lowest BCUT2D eigenvalue weighted by Crippen LogP contribution is -2.02. The predicted octanol–water partition coefficient (Wildman–Crippen LogP) is 2.08. The minimum absolute atomic E-state index is 0.459. The van der Waals surface area contributed by atoms with Crippen molar-refractivity contribution in [3.63, 3.8) is 0 Å². The van der Waals surface area contributed by atoms with E-state index in [0.717, 1.165) is 17.9 Å². The summed E-state index contributed by atoms with van der Waals surface area (Å²) in [5, 5.41) is 2.23. The molecule has 0 aliphatic carbocycles. The van der Waals surface area contributed by atoms with Crippen molar-refractivity contribution in [2.75, 3.05) is 5.01 Å². The van der Waals surface area contributed by atoms with Crippen LogP contribution in [0.15, 0.2) is 17.0 Å². The van der Waals surface area contributed by atoms with Gasteiger partial charge in [-0.2, -0.15) is 5.43 Å². The molecule has 0 amide bonds.